The van der Waals surface area contributed by atoms with Gasteiger partial charge in [-0.1, -0.05) is 25.1 Å². The lowest BCUT2D eigenvalue weighted by Crippen LogP contribution is -2.39. The summed E-state index contributed by atoms with van der Waals surface area (Å²) in [5.41, 5.74) is 0.720. The molecule has 1 aliphatic heterocycles. The number of nitrogens with one attached hydrogen (secondary N) is 1. The van der Waals surface area contributed by atoms with Crippen LogP contribution in [0.1, 0.15) is 25.3 Å². The summed E-state index contributed by atoms with van der Waals surface area (Å²) in [6.07, 6.45) is 1.88. The standard InChI is InChI=1S/C16H23NO5S/c1-2-12-5-3-4-6-15(12)23(20,21)17-11-14(16(18)19)13-7-9-22-10-8-13/h3-6,13-14,17H,2,7-11H2,1H3,(H,18,19). The average Bonchev–Trinajstić information content (AvgIpc) is 2.55. The molecule has 7 heteroatoms. The molecule has 1 aromatic rings. The number of hydrogen-bond donors (Lipinski definition) is 2. The Morgan fingerprint density at radius 1 is 1.35 bits per heavy atom. The molecule has 0 aliphatic carbocycles. The van der Waals surface area contributed by atoms with Gasteiger partial charge in [0.05, 0.1) is 10.8 Å². The molecule has 0 spiro atoms. The van der Waals surface area contributed by atoms with Crippen molar-refractivity contribution in [2.24, 2.45) is 11.8 Å². The fraction of sp³-hybridized carbons (Fsp3) is 0.562. The van der Waals surface area contributed by atoms with Crippen molar-refractivity contribution >= 4 is 16.0 Å². The van der Waals surface area contributed by atoms with Gasteiger partial charge in [-0.05, 0) is 36.8 Å². The summed E-state index contributed by atoms with van der Waals surface area (Å²) in [7, 11) is -3.71. The van der Waals surface area contributed by atoms with Crippen LogP contribution in [0, 0.1) is 11.8 Å². The first-order chi connectivity index (χ1) is 11.0. The van der Waals surface area contributed by atoms with Crippen LogP contribution in [-0.2, 0) is 26.0 Å². The molecule has 1 unspecified atom stereocenters. The smallest absolute Gasteiger partial charge is 0.308 e. The van der Waals surface area contributed by atoms with Crippen molar-refractivity contribution in [1.82, 2.24) is 4.72 Å². The lowest BCUT2D eigenvalue weighted by Gasteiger charge is -2.27. The second-order valence-electron chi connectivity index (χ2n) is 5.71. The van der Waals surface area contributed by atoms with Crippen molar-refractivity contribution in [2.45, 2.75) is 31.1 Å². The predicted octanol–water partition coefficient (Wildman–Crippen LogP) is 1.65. The van der Waals surface area contributed by atoms with Crippen molar-refractivity contribution in [3.8, 4) is 0 Å². The van der Waals surface area contributed by atoms with Gasteiger partial charge in [0.1, 0.15) is 0 Å². The lowest BCUT2D eigenvalue weighted by atomic mass is 9.86. The summed E-state index contributed by atoms with van der Waals surface area (Å²) in [5, 5.41) is 9.42. The van der Waals surface area contributed by atoms with Crippen molar-refractivity contribution in [1.29, 1.82) is 0 Å². The number of carboxylic acid groups (broad SMARTS) is 1. The van der Waals surface area contributed by atoms with Gasteiger partial charge < -0.3 is 9.84 Å². The largest absolute Gasteiger partial charge is 0.481 e. The normalized spacial score (nSPS) is 17.8. The first-order valence-corrected chi connectivity index (χ1v) is 9.32. The van der Waals surface area contributed by atoms with Crippen molar-refractivity contribution in [2.75, 3.05) is 19.8 Å². The molecule has 1 atom stereocenters. The highest BCUT2D eigenvalue weighted by Gasteiger charge is 2.31. The molecule has 0 bridgehead atoms. The summed E-state index contributed by atoms with van der Waals surface area (Å²) in [5.74, 6) is -1.77. The predicted molar refractivity (Wildman–Crippen MR) is 85.7 cm³/mol. The number of hydrogen-bond acceptors (Lipinski definition) is 4. The van der Waals surface area contributed by atoms with E-state index in [2.05, 4.69) is 4.72 Å². The first kappa shape index (κ1) is 17.9. The van der Waals surface area contributed by atoms with Crippen LogP contribution in [0.25, 0.3) is 0 Å². The lowest BCUT2D eigenvalue weighted by molar-refractivity contribution is -0.144. The van der Waals surface area contributed by atoms with E-state index in [9.17, 15) is 18.3 Å². The molecular weight excluding hydrogens is 318 g/mol. The van der Waals surface area contributed by atoms with Crippen molar-refractivity contribution < 1.29 is 23.1 Å². The van der Waals surface area contributed by atoms with E-state index >= 15 is 0 Å². The van der Waals surface area contributed by atoms with Crippen LogP contribution in [0.2, 0.25) is 0 Å². The van der Waals surface area contributed by atoms with Crippen LogP contribution < -0.4 is 4.72 Å². The third-order valence-corrected chi connectivity index (χ3v) is 5.81. The molecule has 6 nitrogen and oxygen atoms in total. The highest BCUT2D eigenvalue weighted by molar-refractivity contribution is 7.89. The summed E-state index contributed by atoms with van der Waals surface area (Å²) in [4.78, 5) is 11.7. The number of carboxylic acids is 1. The molecule has 0 saturated carbocycles. The maximum absolute atomic E-state index is 12.5. The first-order valence-electron chi connectivity index (χ1n) is 7.83. The second kappa shape index (κ2) is 7.90. The average molecular weight is 341 g/mol. The van der Waals surface area contributed by atoms with Crippen LogP contribution in [0.5, 0.6) is 0 Å². The van der Waals surface area contributed by atoms with Crippen LogP contribution >= 0.6 is 0 Å². The molecule has 1 saturated heterocycles. The van der Waals surface area contributed by atoms with Crippen LogP contribution in [0.15, 0.2) is 29.2 Å². The Morgan fingerprint density at radius 3 is 2.61 bits per heavy atom. The minimum Gasteiger partial charge on any atom is -0.481 e. The SMILES string of the molecule is CCc1ccccc1S(=O)(=O)NCC(C(=O)O)C1CCOCC1. The Bertz CT molecular complexity index is 638. The Balaban J connectivity index is 2.11. The monoisotopic (exact) mass is 341 g/mol. The van der Waals surface area contributed by atoms with Gasteiger partial charge in [-0.25, -0.2) is 13.1 Å². The number of benzene rings is 1. The molecule has 0 amide bonds. The molecule has 2 rings (SSSR count). The van der Waals surface area contributed by atoms with Gasteiger partial charge in [-0.2, -0.15) is 0 Å². The Kier molecular flexibility index (Phi) is 6.15. The summed E-state index contributed by atoms with van der Waals surface area (Å²) in [6.45, 7) is 2.84. The molecular formula is C16H23NO5S. The molecule has 23 heavy (non-hydrogen) atoms. The molecule has 0 radical (unpaired) electrons. The Hall–Kier alpha value is -1.44. The molecule has 0 aromatic heterocycles. The summed E-state index contributed by atoms with van der Waals surface area (Å²) in [6, 6.07) is 6.77. The minimum absolute atomic E-state index is 0.0645. The van der Waals surface area contributed by atoms with E-state index in [1.54, 1.807) is 24.3 Å². The molecule has 1 aliphatic rings. The van der Waals surface area contributed by atoms with E-state index in [0.717, 1.165) is 5.56 Å². The molecule has 1 heterocycles. The fourth-order valence-electron chi connectivity index (χ4n) is 2.91. The Labute approximate surface area is 136 Å². The zero-order valence-electron chi connectivity index (χ0n) is 13.2. The van der Waals surface area contributed by atoms with Gasteiger partial charge in [0.15, 0.2) is 0 Å². The highest BCUT2D eigenvalue weighted by atomic mass is 32.2. The van der Waals surface area contributed by atoms with E-state index in [-0.39, 0.29) is 17.4 Å². The maximum atomic E-state index is 12.5. The van der Waals surface area contributed by atoms with Gasteiger partial charge in [0, 0.05) is 19.8 Å². The van der Waals surface area contributed by atoms with E-state index in [0.29, 0.717) is 32.5 Å². The number of sulfonamides is 1. The zero-order chi connectivity index (χ0) is 16.9. The minimum atomic E-state index is -3.71. The van der Waals surface area contributed by atoms with Crippen molar-refractivity contribution in [3.63, 3.8) is 0 Å². The quantitative estimate of drug-likeness (QED) is 0.787. The summed E-state index contributed by atoms with van der Waals surface area (Å²) < 4.78 is 32.7. The molecule has 1 fully saturated rings. The van der Waals surface area contributed by atoms with Gasteiger partial charge >= 0.3 is 5.97 Å². The van der Waals surface area contributed by atoms with E-state index < -0.39 is 21.9 Å². The number of aliphatic carboxylic acids is 1. The zero-order valence-corrected chi connectivity index (χ0v) is 14.0. The van der Waals surface area contributed by atoms with E-state index in [4.69, 9.17) is 4.74 Å². The van der Waals surface area contributed by atoms with Gasteiger partial charge in [-0.15, -0.1) is 0 Å². The fourth-order valence-corrected chi connectivity index (χ4v) is 4.28. The van der Waals surface area contributed by atoms with Gasteiger partial charge in [0.2, 0.25) is 10.0 Å². The third-order valence-electron chi connectivity index (χ3n) is 4.29. The van der Waals surface area contributed by atoms with E-state index in [1.165, 1.54) is 0 Å². The number of carbonyl (C=O) groups is 1. The highest BCUT2D eigenvalue weighted by Crippen LogP contribution is 2.24. The maximum Gasteiger partial charge on any atom is 0.308 e. The number of aryl methyl sites for hydroxylation is 1. The van der Waals surface area contributed by atoms with Gasteiger partial charge in [0.25, 0.3) is 0 Å². The van der Waals surface area contributed by atoms with E-state index in [1.807, 2.05) is 6.92 Å². The van der Waals surface area contributed by atoms with Crippen molar-refractivity contribution in [3.05, 3.63) is 29.8 Å². The Morgan fingerprint density at radius 2 is 2.00 bits per heavy atom. The van der Waals surface area contributed by atoms with Gasteiger partial charge in [-0.3, -0.25) is 4.79 Å². The third kappa shape index (κ3) is 4.53. The van der Waals surface area contributed by atoms with Crippen LogP contribution in [0.3, 0.4) is 0 Å². The summed E-state index contributed by atoms with van der Waals surface area (Å²) >= 11 is 0. The molecule has 1 aromatic carbocycles. The van der Waals surface area contributed by atoms with Crippen LogP contribution in [0.4, 0.5) is 0 Å². The molecule has 128 valence electrons. The number of ether oxygens (including phenoxy) is 1. The number of rotatable bonds is 7. The van der Waals surface area contributed by atoms with Crippen LogP contribution in [-0.4, -0.2) is 39.3 Å². The topological polar surface area (TPSA) is 92.7 Å². The molecule has 2 N–H and O–H groups in total. The second-order valence-corrected chi connectivity index (χ2v) is 7.44.